The molecular weight excluding hydrogens is 104 g/mol. The maximum absolute atomic E-state index is 10.4. The van der Waals surface area contributed by atoms with Crippen molar-refractivity contribution in [3.05, 3.63) is 0 Å². The van der Waals surface area contributed by atoms with Crippen molar-refractivity contribution in [3.8, 4) is 0 Å². The van der Waals surface area contributed by atoms with Crippen LogP contribution in [0.15, 0.2) is 0 Å². The fourth-order valence-corrected chi connectivity index (χ4v) is 0. The molecule has 0 N–H and O–H groups in total. The summed E-state index contributed by atoms with van der Waals surface area (Å²) < 4.78 is 0. The first-order valence-electron chi connectivity index (χ1n) is 2.20. The van der Waals surface area contributed by atoms with Crippen molar-refractivity contribution in [2.24, 2.45) is 5.41 Å². The highest BCUT2D eigenvalue weighted by Gasteiger charge is 2.05. The highest BCUT2D eigenvalue weighted by Crippen LogP contribution is 2.10. The maximum atomic E-state index is 10.4. The van der Waals surface area contributed by atoms with Crippen LogP contribution >= 0.6 is 0 Å². The molecule has 7 heavy (non-hydrogen) atoms. The van der Waals surface area contributed by atoms with Crippen LogP contribution in [0.1, 0.15) is 20.8 Å². The lowest BCUT2D eigenvalue weighted by Crippen LogP contribution is -2.19. The molecule has 0 spiro atoms. The molecule has 40 valence electrons. The van der Waals surface area contributed by atoms with Gasteiger partial charge in [0.15, 0.2) is 0 Å². The molecule has 0 aliphatic rings. The average molecular weight is 113 g/mol. The van der Waals surface area contributed by atoms with Gasteiger partial charge in [0.25, 0.3) is 0 Å². The van der Waals surface area contributed by atoms with Crippen molar-refractivity contribution in [2.75, 3.05) is 0 Å². The quantitative estimate of drug-likeness (QED) is 0.423. The van der Waals surface area contributed by atoms with E-state index in [1.807, 2.05) is 20.8 Å². The Morgan fingerprint density at radius 1 is 1.43 bits per heavy atom. The lowest BCUT2D eigenvalue weighted by atomic mass is 9.99. The largest absolute Gasteiger partial charge is 0.600 e. The van der Waals surface area contributed by atoms with E-state index in [4.69, 9.17) is 0 Å². The van der Waals surface area contributed by atoms with Crippen molar-refractivity contribution in [1.82, 2.24) is 0 Å². The minimum absolute atomic E-state index is 0.0486. The van der Waals surface area contributed by atoms with Crippen LogP contribution in [0.2, 0.25) is 0 Å². The molecule has 0 rings (SSSR count). The Morgan fingerprint density at radius 2 is 1.57 bits per heavy atom. The third-order valence-electron chi connectivity index (χ3n) is 0.681. The number of hydrogen-bond donors (Lipinski definition) is 0. The smallest absolute Gasteiger partial charge is 0.0187 e. The Labute approximate surface area is 47.5 Å². The van der Waals surface area contributed by atoms with E-state index in [1.165, 1.54) is 0 Å². The summed E-state index contributed by atoms with van der Waals surface area (Å²) in [6.45, 7) is 5.59. The Balaban J connectivity index is 3.79. The van der Waals surface area contributed by atoms with E-state index >= 15 is 0 Å². The van der Waals surface area contributed by atoms with Gasteiger partial charge in [0, 0.05) is 0 Å². The third-order valence-corrected chi connectivity index (χ3v) is 1.43. The molecule has 0 saturated carbocycles. The summed E-state index contributed by atoms with van der Waals surface area (Å²) in [6.07, 6.45) is 0. The standard InChI is InChI=1S/C5H9OSi/c1-5(2,3)4(6)7/h1-3H3/q-1. The van der Waals surface area contributed by atoms with Gasteiger partial charge < -0.3 is 15.0 Å². The monoisotopic (exact) mass is 113 g/mol. The van der Waals surface area contributed by atoms with Crippen LogP contribution in [0.5, 0.6) is 0 Å². The summed E-state index contributed by atoms with van der Waals surface area (Å²) in [5, 5.41) is 0.0486. The Hall–Kier alpha value is -0.113. The Kier molecular flexibility index (Phi) is 1.75. The zero-order valence-corrected chi connectivity index (χ0v) is 5.91. The van der Waals surface area contributed by atoms with Crippen molar-refractivity contribution in [1.29, 1.82) is 0 Å². The highest BCUT2D eigenvalue weighted by atomic mass is 28.1. The van der Waals surface area contributed by atoms with Crippen LogP contribution in [0.3, 0.4) is 0 Å². The lowest BCUT2D eigenvalue weighted by molar-refractivity contribution is -0.118. The van der Waals surface area contributed by atoms with E-state index in [2.05, 4.69) is 10.2 Å². The first kappa shape index (κ1) is 6.89. The molecule has 0 fully saturated rings. The SMILES string of the molecule is CC(C)(C)C(=O)[Si-]. The van der Waals surface area contributed by atoms with Crippen LogP contribution in [0, 0.1) is 5.41 Å². The molecule has 2 radical (unpaired) electrons. The molecule has 0 heterocycles. The van der Waals surface area contributed by atoms with Gasteiger partial charge in [0.2, 0.25) is 0 Å². The van der Waals surface area contributed by atoms with E-state index in [0.717, 1.165) is 0 Å². The van der Waals surface area contributed by atoms with Crippen molar-refractivity contribution in [3.63, 3.8) is 0 Å². The molecule has 0 unspecified atom stereocenters. The number of carbonyl (C=O) groups excluding carboxylic acids is 1. The number of carbonyl (C=O) groups is 1. The second kappa shape index (κ2) is 1.78. The highest BCUT2D eigenvalue weighted by molar-refractivity contribution is 6.58. The summed E-state index contributed by atoms with van der Waals surface area (Å²) in [4.78, 5) is 10.4. The van der Waals surface area contributed by atoms with Gasteiger partial charge in [0.1, 0.15) is 0 Å². The van der Waals surface area contributed by atoms with Crippen molar-refractivity contribution >= 4 is 15.6 Å². The average Bonchev–Trinajstić information content (AvgIpc) is 1.31. The second-order valence-corrected chi connectivity index (χ2v) is 3.03. The van der Waals surface area contributed by atoms with E-state index in [1.54, 1.807) is 0 Å². The predicted octanol–water partition coefficient (Wildman–Crippen LogP) is 0.728. The fourth-order valence-electron chi connectivity index (χ4n) is 0. The molecule has 0 atom stereocenters. The number of rotatable bonds is 0. The van der Waals surface area contributed by atoms with Gasteiger partial charge >= 0.3 is 0 Å². The zero-order chi connectivity index (χ0) is 6.08. The summed E-state index contributed by atoms with van der Waals surface area (Å²) in [6, 6.07) is 0. The molecule has 2 heteroatoms. The van der Waals surface area contributed by atoms with Gasteiger partial charge in [0.05, 0.1) is 0 Å². The van der Waals surface area contributed by atoms with Crippen LogP contribution in [-0.2, 0) is 4.79 Å². The van der Waals surface area contributed by atoms with Gasteiger partial charge in [-0.2, -0.15) is 0 Å². The predicted molar refractivity (Wildman–Crippen MR) is 30.2 cm³/mol. The maximum Gasteiger partial charge on any atom is -0.0187 e. The fraction of sp³-hybridized carbons (Fsp3) is 0.800. The second-order valence-electron chi connectivity index (χ2n) is 2.58. The van der Waals surface area contributed by atoms with Gasteiger partial charge in [-0.25, -0.2) is 0 Å². The van der Waals surface area contributed by atoms with E-state index < -0.39 is 0 Å². The Bertz CT molecular complexity index is 80.6. The summed E-state index contributed by atoms with van der Waals surface area (Å²) >= 11 is 0. The van der Waals surface area contributed by atoms with E-state index in [0.29, 0.717) is 0 Å². The van der Waals surface area contributed by atoms with Crippen molar-refractivity contribution in [2.45, 2.75) is 20.8 Å². The van der Waals surface area contributed by atoms with Gasteiger partial charge in [-0.05, 0) is 5.41 Å². The molecule has 0 bridgehead atoms. The van der Waals surface area contributed by atoms with E-state index in [9.17, 15) is 4.79 Å². The van der Waals surface area contributed by atoms with Crippen molar-refractivity contribution < 1.29 is 4.79 Å². The van der Waals surface area contributed by atoms with Crippen LogP contribution in [-0.4, -0.2) is 15.6 Å². The molecule has 0 aliphatic carbocycles. The zero-order valence-electron chi connectivity index (χ0n) is 4.91. The molecule has 1 nitrogen and oxygen atoms in total. The minimum Gasteiger partial charge on any atom is -0.600 e. The molecular formula is C5H9OSi-. The van der Waals surface area contributed by atoms with Crippen LogP contribution < -0.4 is 0 Å². The van der Waals surface area contributed by atoms with Crippen LogP contribution in [0.25, 0.3) is 0 Å². The molecule has 0 saturated heterocycles. The lowest BCUT2D eigenvalue weighted by Gasteiger charge is -2.21. The molecule has 0 aromatic carbocycles. The normalized spacial score (nSPS) is 11.3. The molecule has 0 aliphatic heterocycles. The van der Waals surface area contributed by atoms with Gasteiger partial charge in [-0.1, -0.05) is 26.2 Å². The van der Waals surface area contributed by atoms with E-state index in [-0.39, 0.29) is 10.8 Å². The summed E-state index contributed by atoms with van der Waals surface area (Å²) in [7, 11) is 2.90. The molecule has 0 aromatic heterocycles. The third kappa shape index (κ3) is 2.57. The number of hydrogen-bond acceptors (Lipinski definition) is 1. The minimum atomic E-state index is -0.225. The first-order valence-corrected chi connectivity index (χ1v) is 2.70. The van der Waals surface area contributed by atoms with Gasteiger partial charge in [-0.15, -0.1) is 0 Å². The summed E-state index contributed by atoms with van der Waals surface area (Å²) in [5.74, 6) is 0. The molecule has 0 amide bonds. The topological polar surface area (TPSA) is 17.1 Å². The van der Waals surface area contributed by atoms with Crippen LogP contribution in [0.4, 0.5) is 0 Å². The summed E-state index contributed by atoms with van der Waals surface area (Å²) in [5.41, 5.74) is -0.225. The Morgan fingerprint density at radius 3 is 1.57 bits per heavy atom. The molecule has 0 aromatic rings. The van der Waals surface area contributed by atoms with Gasteiger partial charge in [-0.3, -0.25) is 0 Å². The first-order chi connectivity index (χ1) is 2.94.